The minimum absolute atomic E-state index is 0.258. The average molecular weight is 225 g/mol. The minimum atomic E-state index is -0.258. The number of benzene rings is 1. The predicted molar refractivity (Wildman–Crippen MR) is 57.3 cm³/mol. The van der Waals surface area contributed by atoms with E-state index >= 15 is 0 Å². The first-order valence-corrected chi connectivity index (χ1v) is 4.53. The molecule has 78 valence electrons. The maximum Gasteiger partial charge on any atom is 0.255 e. The van der Waals surface area contributed by atoms with Gasteiger partial charge in [-0.05, 0) is 18.2 Å². The molecule has 4 nitrogen and oxygen atoms in total. The van der Waals surface area contributed by atoms with Crippen molar-refractivity contribution in [2.45, 2.75) is 0 Å². The molecule has 0 spiro atoms. The SMILES string of the molecule is CN(C)C(=O)c1cc(Cl)ccc1N=C=O. The first kappa shape index (κ1) is 11.4. The number of aliphatic imine (C=N–C) groups is 1. The lowest BCUT2D eigenvalue weighted by Gasteiger charge is -2.11. The van der Waals surface area contributed by atoms with Crippen LogP contribution in [0, 0.1) is 0 Å². The third kappa shape index (κ3) is 2.65. The van der Waals surface area contributed by atoms with E-state index in [1.807, 2.05) is 0 Å². The molecule has 0 atom stereocenters. The Labute approximate surface area is 92.2 Å². The number of rotatable bonds is 2. The lowest BCUT2D eigenvalue weighted by Crippen LogP contribution is -2.21. The van der Waals surface area contributed by atoms with Gasteiger partial charge < -0.3 is 4.90 Å². The normalized spacial score (nSPS) is 9.27. The third-order valence-electron chi connectivity index (χ3n) is 1.76. The van der Waals surface area contributed by atoms with Crippen LogP contribution < -0.4 is 0 Å². The standard InChI is InChI=1S/C10H9ClN2O2/c1-13(2)10(15)8-5-7(11)3-4-9(8)12-6-14/h3-5H,1-2H3. The van der Waals surface area contributed by atoms with Crippen molar-refractivity contribution in [1.29, 1.82) is 0 Å². The molecule has 1 rings (SSSR count). The molecule has 15 heavy (non-hydrogen) atoms. The summed E-state index contributed by atoms with van der Waals surface area (Å²) in [6.45, 7) is 0. The van der Waals surface area contributed by atoms with E-state index in [1.54, 1.807) is 20.2 Å². The maximum atomic E-state index is 11.7. The number of amides is 1. The van der Waals surface area contributed by atoms with Gasteiger partial charge in [0.25, 0.3) is 5.91 Å². The molecular formula is C10H9ClN2O2. The van der Waals surface area contributed by atoms with Crippen LogP contribution in [-0.2, 0) is 4.79 Å². The van der Waals surface area contributed by atoms with Crippen LogP contribution in [-0.4, -0.2) is 31.0 Å². The van der Waals surface area contributed by atoms with E-state index in [0.29, 0.717) is 5.02 Å². The summed E-state index contributed by atoms with van der Waals surface area (Å²) in [5.74, 6) is -0.258. The monoisotopic (exact) mass is 224 g/mol. The average Bonchev–Trinajstić information content (AvgIpc) is 2.20. The van der Waals surface area contributed by atoms with Gasteiger partial charge in [-0.15, -0.1) is 0 Å². The number of isocyanates is 1. The van der Waals surface area contributed by atoms with Crippen molar-refractivity contribution in [3.8, 4) is 0 Å². The van der Waals surface area contributed by atoms with E-state index in [0.717, 1.165) is 0 Å². The van der Waals surface area contributed by atoms with Gasteiger partial charge in [-0.2, -0.15) is 4.99 Å². The summed E-state index contributed by atoms with van der Waals surface area (Å²) < 4.78 is 0. The van der Waals surface area contributed by atoms with Gasteiger partial charge in [0.1, 0.15) is 0 Å². The van der Waals surface area contributed by atoms with Crippen LogP contribution in [0.25, 0.3) is 0 Å². The van der Waals surface area contributed by atoms with Crippen molar-refractivity contribution >= 4 is 29.3 Å². The van der Waals surface area contributed by atoms with Crippen molar-refractivity contribution in [3.63, 3.8) is 0 Å². The molecule has 0 heterocycles. The van der Waals surface area contributed by atoms with Crippen molar-refractivity contribution in [2.75, 3.05) is 14.1 Å². The highest BCUT2D eigenvalue weighted by atomic mass is 35.5. The second kappa shape index (κ2) is 4.73. The molecule has 0 saturated carbocycles. The molecule has 5 heteroatoms. The highest BCUT2D eigenvalue weighted by molar-refractivity contribution is 6.31. The first-order valence-electron chi connectivity index (χ1n) is 4.15. The van der Waals surface area contributed by atoms with Gasteiger partial charge >= 0.3 is 0 Å². The van der Waals surface area contributed by atoms with Gasteiger partial charge in [0.2, 0.25) is 6.08 Å². The van der Waals surface area contributed by atoms with Crippen LogP contribution in [0.5, 0.6) is 0 Å². The van der Waals surface area contributed by atoms with Gasteiger partial charge in [-0.1, -0.05) is 11.6 Å². The lowest BCUT2D eigenvalue weighted by atomic mass is 10.1. The number of halogens is 1. The molecule has 0 aliphatic rings. The fourth-order valence-corrected chi connectivity index (χ4v) is 1.24. The Kier molecular flexibility index (Phi) is 3.61. The van der Waals surface area contributed by atoms with Crippen molar-refractivity contribution in [3.05, 3.63) is 28.8 Å². The Morgan fingerprint density at radius 1 is 1.47 bits per heavy atom. The van der Waals surface area contributed by atoms with Gasteiger partial charge in [0, 0.05) is 19.1 Å². The molecule has 0 aromatic heterocycles. The summed E-state index contributed by atoms with van der Waals surface area (Å²) in [6, 6.07) is 4.54. The fourth-order valence-electron chi connectivity index (χ4n) is 1.07. The zero-order valence-corrected chi connectivity index (χ0v) is 9.08. The molecular weight excluding hydrogens is 216 g/mol. The number of hydrogen-bond donors (Lipinski definition) is 0. The van der Waals surface area contributed by atoms with Gasteiger partial charge in [-0.3, -0.25) is 4.79 Å². The van der Waals surface area contributed by atoms with E-state index < -0.39 is 0 Å². The van der Waals surface area contributed by atoms with Gasteiger partial charge in [0.15, 0.2) is 0 Å². The first-order chi connectivity index (χ1) is 7.06. The second-order valence-electron chi connectivity index (χ2n) is 3.06. The Morgan fingerprint density at radius 3 is 2.67 bits per heavy atom. The van der Waals surface area contributed by atoms with E-state index in [2.05, 4.69) is 4.99 Å². The Bertz CT molecular complexity index is 437. The predicted octanol–water partition coefficient (Wildman–Crippen LogP) is 2.01. The zero-order chi connectivity index (χ0) is 11.4. The van der Waals surface area contributed by atoms with E-state index in [1.165, 1.54) is 23.1 Å². The summed E-state index contributed by atoms with van der Waals surface area (Å²) in [4.78, 5) is 26.6. The van der Waals surface area contributed by atoms with E-state index in [9.17, 15) is 9.59 Å². The molecule has 0 radical (unpaired) electrons. The number of carbonyl (C=O) groups is 1. The molecule has 0 aliphatic heterocycles. The molecule has 1 aromatic rings. The number of nitrogens with zero attached hydrogens (tertiary/aromatic N) is 2. The summed E-state index contributed by atoms with van der Waals surface area (Å²) in [5, 5.41) is 0.421. The molecule has 0 unspecified atom stereocenters. The van der Waals surface area contributed by atoms with Gasteiger partial charge in [0.05, 0.1) is 11.3 Å². The fraction of sp³-hybridized carbons (Fsp3) is 0.200. The number of hydrogen-bond acceptors (Lipinski definition) is 3. The van der Waals surface area contributed by atoms with Crippen LogP contribution in [0.3, 0.4) is 0 Å². The molecule has 1 aromatic carbocycles. The maximum absolute atomic E-state index is 11.7. The van der Waals surface area contributed by atoms with Crippen LogP contribution in [0.15, 0.2) is 23.2 Å². The van der Waals surface area contributed by atoms with Crippen molar-refractivity contribution < 1.29 is 9.59 Å². The highest BCUT2D eigenvalue weighted by Crippen LogP contribution is 2.23. The molecule has 0 saturated heterocycles. The molecule has 0 N–H and O–H groups in total. The Hall–Kier alpha value is -1.64. The zero-order valence-electron chi connectivity index (χ0n) is 8.32. The smallest absolute Gasteiger partial charge is 0.255 e. The number of carbonyl (C=O) groups excluding carboxylic acids is 2. The molecule has 1 amide bonds. The van der Waals surface area contributed by atoms with Gasteiger partial charge in [-0.25, -0.2) is 4.79 Å². The van der Waals surface area contributed by atoms with Crippen LogP contribution >= 0.6 is 11.6 Å². The molecule has 0 aliphatic carbocycles. The molecule has 0 fully saturated rings. The van der Waals surface area contributed by atoms with Crippen molar-refractivity contribution in [1.82, 2.24) is 4.90 Å². The third-order valence-corrected chi connectivity index (χ3v) is 2.00. The summed E-state index contributed by atoms with van der Waals surface area (Å²) >= 11 is 5.75. The van der Waals surface area contributed by atoms with E-state index in [4.69, 9.17) is 11.6 Å². The van der Waals surface area contributed by atoms with Crippen LogP contribution in [0.4, 0.5) is 5.69 Å². The minimum Gasteiger partial charge on any atom is -0.345 e. The van der Waals surface area contributed by atoms with Crippen molar-refractivity contribution in [2.24, 2.45) is 4.99 Å². The van der Waals surface area contributed by atoms with Crippen LogP contribution in [0.2, 0.25) is 5.02 Å². The van der Waals surface area contributed by atoms with E-state index in [-0.39, 0.29) is 17.2 Å². The Morgan fingerprint density at radius 2 is 2.13 bits per heavy atom. The summed E-state index contributed by atoms with van der Waals surface area (Å²) in [7, 11) is 3.22. The quantitative estimate of drug-likeness (QED) is 0.570. The largest absolute Gasteiger partial charge is 0.345 e. The van der Waals surface area contributed by atoms with Crippen LogP contribution in [0.1, 0.15) is 10.4 Å². The second-order valence-corrected chi connectivity index (χ2v) is 3.50. The Balaban J connectivity index is 3.30. The highest BCUT2D eigenvalue weighted by Gasteiger charge is 2.13. The summed E-state index contributed by atoms with van der Waals surface area (Å²) in [6.07, 6.45) is 1.40. The topological polar surface area (TPSA) is 49.7 Å². The molecule has 0 bridgehead atoms. The summed E-state index contributed by atoms with van der Waals surface area (Å²) in [5.41, 5.74) is 0.559. The lowest BCUT2D eigenvalue weighted by molar-refractivity contribution is 0.0828.